The molecule has 4 aromatic rings. The molecular weight excluding hydrogens is 664 g/mol. The molecule has 1 aromatic heterocycles. The Kier molecular flexibility index (Phi) is 10.4. The average molecular weight is 703 g/mol. The number of halogens is 4. The highest BCUT2D eigenvalue weighted by Gasteiger charge is 2.46. The van der Waals surface area contributed by atoms with Crippen LogP contribution in [0.5, 0.6) is 0 Å². The number of rotatable bonds is 10. The zero-order chi connectivity index (χ0) is 36.3. The second kappa shape index (κ2) is 14.9. The van der Waals surface area contributed by atoms with E-state index in [4.69, 9.17) is 5.10 Å². The molecule has 0 unspecified atom stereocenters. The molecule has 6 rings (SSSR count). The fraction of sp³-hybridized carbons (Fsp3) is 0.316. The van der Waals surface area contributed by atoms with Crippen LogP contribution in [0.4, 0.5) is 23.4 Å². The molecule has 0 spiro atoms. The molecule has 2 aliphatic heterocycles. The van der Waals surface area contributed by atoms with Crippen molar-refractivity contribution in [3.63, 3.8) is 0 Å². The highest BCUT2D eigenvalue weighted by Crippen LogP contribution is 2.44. The van der Waals surface area contributed by atoms with Crippen molar-refractivity contribution in [2.75, 3.05) is 38.1 Å². The lowest BCUT2D eigenvalue weighted by atomic mass is 9.80. The van der Waals surface area contributed by atoms with E-state index in [9.17, 15) is 31.9 Å². The SMILES string of the molecule is CCN1C(=O)[C@@H](NC(=O)c2cccc(C(F)(F)F)c2)[C@@H](c2ccc(F)cc2)c2c(CN(C)C/C=C/C(=O)N3CCCC3)nn(-c3ccccc3)c21. The first-order chi connectivity index (χ1) is 24.5. The van der Waals surface area contributed by atoms with Gasteiger partial charge in [-0.1, -0.05) is 42.5 Å². The Bertz CT molecular complexity index is 1920. The van der Waals surface area contributed by atoms with Crippen molar-refractivity contribution in [2.45, 2.75) is 44.4 Å². The van der Waals surface area contributed by atoms with E-state index in [1.165, 1.54) is 35.2 Å². The molecule has 51 heavy (non-hydrogen) atoms. The number of likely N-dealkylation sites (N-methyl/N-ethyl adjacent to an activating group) is 2. The van der Waals surface area contributed by atoms with Gasteiger partial charge in [0.2, 0.25) is 5.91 Å². The summed E-state index contributed by atoms with van der Waals surface area (Å²) in [6.07, 6.45) is 0.660. The van der Waals surface area contributed by atoms with Crippen LogP contribution in [-0.4, -0.2) is 76.6 Å². The summed E-state index contributed by atoms with van der Waals surface area (Å²) in [5, 5.41) is 7.75. The number of hydrogen-bond donors (Lipinski definition) is 1. The van der Waals surface area contributed by atoms with E-state index >= 15 is 0 Å². The van der Waals surface area contributed by atoms with Gasteiger partial charge in [0.15, 0.2) is 0 Å². The van der Waals surface area contributed by atoms with Crippen LogP contribution in [0, 0.1) is 5.82 Å². The molecule has 2 atom stereocenters. The molecule has 0 aliphatic carbocycles. The van der Waals surface area contributed by atoms with E-state index in [0.29, 0.717) is 34.9 Å². The number of anilines is 1. The Morgan fingerprint density at radius 2 is 1.71 bits per heavy atom. The van der Waals surface area contributed by atoms with Gasteiger partial charge in [-0.15, -0.1) is 0 Å². The van der Waals surface area contributed by atoms with Crippen LogP contribution in [0.15, 0.2) is 91.0 Å². The molecule has 3 aromatic carbocycles. The molecule has 1 fully saturated rings. The maximum atomic E-state index is 14.5. The van der Waals surface area contributed by atoms with Crippen molar-refractivity contribution in [2.24, 2.45) is 0 Å². The second-order valence-electron chi connectivity index (χ2n) is 12.7. The predicted octanol–water partition coefficient (Wildman–Crippen LogP) is 5.94. The third-order valence-electron chi connectivity index (χ3n) is 9.20. The Balaban J connectivity index is 1.44. The fourth-order valence-electron chi connectivity index (χ4n) is 6.73. The van der Waals surface area contributed by atoms with Gasteiger partial charge in [-0.2, -0.15) is 18.3 Å². The van der Waals surface area contributed by atoms with Gasteiger partial charge < -0.3 is 10.2 Å². The monoisotopic (exact) mass is 702 g/mol. The molecule has 266 valence electrons. The molecule has 1 saturated heterocycles. The molecule has 3 amide bonds. The summed E-state index contributed by atoms with van der Waals surface area (Å²) in [7, 11) is 1.87. The molecule has 2 aliphatic rings. The third kappa shape index (κ3) is 7.58. The summed E-state index contributed by atoms with van der Waals surface area (Å²) in [6.45, 7) is 4.12. The van der Waals surface area contributed by atoms with Gasteiger partial charge in [0, 0.05) is 55.8 Å². The van der Waals surface area contributed by atoms with E-state index in [1.54, 1.807) is 23.8 Å². The standard InChI is InChI=1S/C38H38F4N6O3/c1-3-47-36-33(30(44-48(36)29-13-5-4-6-14-29)24-45(2)20-10-15-31(49)46-21-7-8-22-46)32(25-16-18-28(39)19-17-25)34(37(47)51)43-35(50)26-11-9-12-27(23-26)38(40,41)42/h4-6,9-19,23,32,34H,3,7-8,20-22,24H2,1-2H3,(H,43,50)/b15-10+/t32-,34-/m0/s1. The van der Waals surface area contributed by atoms with Crippen molar-refractivity contribution in [1.29, 1.82) is 0 Å². The Morgan fingerprint density at radius 1 is 1.00 bits per heavy atom. The van der Waals surface area contributed by atoms with Crippen molar-refractivity contribution in [3.8, 4) is 5.69 Å². The number of likely N-dealkylation sites (tertiary alicyclic amines) is 1. The van der Waals surface area contributed by atoms with Gasteiger partial charge in [-0.3, -0.25) is 24.2 Å². The number of fused-ring (bicyclic) bond motifs is 1. The number of nitrogens with one attached hydrogen (secondary N) is 1. The number of carbonyl (C=O) groups is 3. The van der Waals surface area contributed by atoms with Gasteiger partial charge in [0.05, 0.1) is 16.9 Å². The number of carbonyl (C=O) groups excluding carboxylic acids is 3. The zero-order valence-corrected chi connectivity index (χ0v) is 28.2. The van der Waals surface area contributed by atoms with Gasteiger partial charge in [-0.05, 0) is 74.8 Å². The van der Waals surface area contributed by atoms with Crippen molar-refractivity contribution in [3.05, 3.63) is 125 Å². The van der Waals surface area contributed by atoms with Crippen LogP contribution in [0.25, 0.3) is 5.69 Å². The van der Waals surface area contributed by atoms with Crippen LogP contribution in [-0.2, 0) is 22.3 Å². The Labute approximate surface area is 293 Å². The summed E-state index contributed by atoms with van der Waals surface area (Å²) in [5.41, 5.74) is 1.08. The van der Waals surface area contributed by atoms with Crippen molar-refractivity contribution in [1.82, 2.24) is 24.9 Å². The molecule has 9 nitrogen and oxygen atoms in total. The lowest BCUT2D eigenvalue weighted by molar-refractivity contribution is -0.137. The smallest absolute Gasteiger partial charge is 0.339 e. The maximum absolute atomic E-state index is 14.5. The predicted molar refractivity (Wildman–Crippen MR) is 184 cm³/mol. The highest BCUT2D eigenvalue weighted by atomic mass is 19.4. The quantitative estimate of drug-likeness (QED) is 0.163. The number of benzene rings is 3. The molecule has 3 heterocycles. The highest BCUT2D eigenvalue weighted by molar-refractivity contribution is 6.05. The Morgan fingerprint density at radius 3 is 2.37 bits per heavy atom. The molecule has 0 radical (unpaired) electrons. The molecule has 0 bridgehead atoms. The van der Waals surface area contributed by atoms with Crippen LogP contribution < -0.4 is 10.2 Å². The zero-order valence-electron chi connectivity index (χ0n) is 28.2. The number of alkyl halides is 3. The van der Waals surface area contributed by atoms with Crippen molar-refractivity contribution >= 4 is 23.5 Å². The van der Waals surface area contributed by atoms with Crippen LogP contribution in [0.1, 0.15) is 58.4 Å². The van der Waals surface area contributed by atoms with E-state index in [1.807, 2.05) is 47.2 Å². The lowest BCUT2D eigenvalue weighted by Crippen LogP contribution is -2.55. The third-order valence-corrected chi connectivity index (χ3v) is 9.20. The average Bonchev–Trinajstić information content (AvgIpc) is 3.79. The number of amides is 3. The fourth-order valence-corrected chi connectivity index (χ4v) is 6.73. The largest absolute Gasteiger partial charge is 0.416 e. The number of nitrogens with zero attached hydrogens (tertiary/aromatic N) is 5. The topological polar surface area (TPSA) is 90.8 Å². The summed E-state index contributed by atoms with van der Waals surface area (Å²) < 4.78 is 56.6. The summed E-state index contributed by atoms with van der Waals surface area (Å²) in [4.78, 5) is 46.0. The number of para-hydroxylation sites is 1. The molecular formula is C38H38F4N6O3. The molecule has 0 saturated carbocycles. The maximum Gasteiger partial charge on any atom is 0.416 e. The molecule has 13 heteroatoms. The number of hydrogen-bond acceptors (Lipinski definition) is 5. The van der Waals surface area contributed by atoms with Crippen LogP contribution in [0.3, 0.4) is 0 Å². The van der Waals surface area contributed by atoms with Gasteiger partial charge in [0.1, 0.15) is 17.7 Å². The molecule has 1 N–H and O–H groups in total. The van der Waals surface area contributed by atoms with E-state index in [-0.39, 0.29) is 24.6 Å². The summed E-state index contributed by atoms with van der Waals surface area (Å²) in [6, 6.07) is 17.5. The first-order valence-corrected chi connectivity index (χ1v) is 16.8. The minimum Gasteiger partial charge on any atom is -0.339 e. The van der Waals surface area contributed by atoms with Gasteiger partial charge >= 0.3 is 6.18 Å². The van der Waals surface area contributed by atoms with Crippen LogP contribution >= 0.6 is 0 Å². The first-order valence-electron chi connectivity index (χ1n) is 16.8. The minimum atomic E-state index is -4.68. The first kappa shape index (κ1) is 35.5. The van der Waals surface area contributed by atoms with Gasteiger partial charge in [-0.25, -0.2) is 9.07 Å². The minimum absolute atomic E-state index is 0.0422. The normalized spacial score (nSPS) is 17.7. The van der Waals surface area contributed by atoms with E-state index < -0.39 is 41.3 Å². The Hall–Kier alpha value is -5.30. The van der Waals surface area contributed by atoms with Crippen LogP contribution in [0.2, 0.25) is 0 Å². The summed E-state index contributed by atoms with van der Waals surface area (Å²) >= 11 is 0. The number of aromatic nitrogens is 2. The summed E-state index contributed by atoms with van der Waals surface area (Å²) in [5.74, 6) is -2.34. The second-order valence-corrected chi connectivity index (χ2v) is 12.7. The van der Waals surface area contributed by atoms with Gasteiger partial charge in [0.25, 0.3) is 11.8 Å². The van der Waals surface area contributed by atoms with E-state index in [2.05, 4.69) is 5.32 Å². The van der Waals surface area contributed by atoms with E-state index in [0.717, 1.165) is 44.1 Å². The lowest BCUT2D eigenvalue weighted by Gasteiger charge is -2.38. The van der Waals surface area contributed by atoms with Crippen molar-refractivity contribution < 1.29 is 31.9 Å².